The van der Waals surface area contributed by atoms with E-state index in [-0.39, 0.29) is 45.6 Å². The number of nitrogens with one attached hydrogen (secondary N) is 3. The number of nitrogens with two attached hydrogens (primary N) is 1. The second kappa shape index (κ2) is 14.6. The van der Waals surface area contributed by atoms with Gasteiger partial charge in [-0.05, 0) is 76.3 Å². The molecule has 0 radical (unpaired) electrons. The van der Waals surface area contributed by atoms with Gasteiger partial charge in [-0.1, -0.05) is 30.3 Å². The molecule has 0 spiro atoms. The van der Waals surface area contributed by atoms with Gasteiger partial charge in [0.15, 0.2) is 0 Å². The van der Waals surface area contributed by atoms with Crippen LogP contribution in [0.4, 0.5) is 27.5 Å². The summed E-state index contributed by atoms with van der Waals surface area (Å²) in [4.78, 5) is 46.6. The summed E-state index contributed by atoms with van der Waals surface area (Å²) in [6, 6.07) is 16.6. The SMILES string of the molecule is Cc1cc(S(=O)(=O)N2CCN(Cc3ccc(C4CCC(=O)NC4=O)cc3)CC2)ccc1Nc1ncc(Br)c(Nc2cccc(F)c2C(N)=O)n1. The van der Waals surface area contributed by atoms with Crippen LogP contribution in [0.15, 0.2) is 76.2 Å². The molecule has 3 heterocycles. The van der Waals surface area contributed by atoms with E-state index in [9.17, 15) is 27.2 Å². The number of aromatic nitrogens is 2. The summed E-state index contributed by atoms with van der Waals surface area (Å²) in [7, 11) is -3.76. The molecule has 3 aromatic carbocycles. The summed E-state index contributed by atoms with van der Waals surface area (Å²) in [5, 5.41) is 8.40. The number of rotatable bonds is 10. The summed E-state index contributed by atoms with van der Waals surface area (Å²) < 4.78 is 43.4. The fraction of sp³-hybridized carbons (Fsp3) is 0.265. The third kappa shape index (κ3) is 7.67. The Labute approximate surface area is 296 Å². The lowest BCUT2D eigenvalue weighted by Crippen LogP contribution is -2.48. The lowest BCUT2D eigenvalue weighted by Gasteiger charge is -2.34. The average molecular weight is 766 g/mol. The van der Waals surface area contributed by atoms with Crippen LogP contribution in [0.2, 0.25) is 0 Å². The molecule has 2 fully saturated rings. The maximum Gasteiger partial charge on any atom is 0.253 e. The van der Waals surface area contributed by atoms with E-state index >= 15 is 0 Å². The van der Waals surface area contributed by atoms with Gasteiger partial charge in [-0.2, -0.15) is 9.29 Å². The molecule has 2 aliphatic heterocycles. The highest BCUT2D eigenvalue weighted by molar-refractivity contribution is 9.10. The minimum atomic E-state index is -3.76. The Morgan fingerprint density at radius 2 is 1.78 bits per heavy atom. The fourth-order valence-corrected chi connectivity index (χ4v) is 7.78. The molecule has 5 N–H and O–H groups in total. The highest BCUT2D eigenvalue weighted by Crippen LogP contribution is 2.30. The molecule has 0 aliphatic carbocycles. The standard InChI is InChI=1S/C34H34BrFN8O5S/c1-20-17-23(9-11-27(20)40-34-38-18-25(35)32(42-34)39-28-4-2-3-26(36)30(28)31(37)46)50(48,49)44-15-13-43(14-16-44)19-21-5-7-22(8-6-21)24-10-12-29(45)41-33(24)47/h2-9,11,17-18,24H,10,12-16,19H2,1H3,(H2,37,46)(H,41,45,47)(H2,38,39,40,42). The van der Waals surface area contributed by atoms with Gasteiger partial charge in [0.2, 0.25) is 27.8 Å². The number of anilines is 4. The first kappa shape index (κ1) is 35.1. The van der Waals surface area contributed by atoms with Crippen molar-refractivity contribution in [3.8, 4) is 0 Å². The van der Waals surface area contributed by atoms with Crippen molar-refractivity contribution in [3.63, 3.8) is 0 Å². The van der Waals surface area contributed by atoms with Gasteiger partial charge in [-0.25, -0.2) is 17.8 Å². The van der Waals surface area contributed by atoms with E-state index in [4.69, 9.17) is 5.73 Å². The summed E-state index contributed by atoms with van der Waals surface area (Å²) in [5.74, 6) is -2.12. The minimum absolute atomic E-state index is 0.134. The number of sulfonamides is 1. The van der Waals surface area contributed by atoms with Crippen molar-refractivity contribution in [1.29, 1.82) is 0 Å². The third-order valence-electron chi connectivity index (χ3n) is 8.70. The molecular weight excluding hydrogens is 731 g/mol. The number of carbonyl (C=O) groups is 3. The molecule has 1 atom stereocenters. The molecule has 6 rings (SSSR count). The number of piperazine rings is 1. The molecule has 50 heavy (non-hydrogen) atoms. The monoisotopic (exact) mass is 764 g/mol. The number of carbonyl (C=O) groups excluding carboxylic acids is 3. The maximum atomic E-state index is 14.3. The Morgan fingerprint density at radius 1 is 1.04 bits per heavy atom. The number of primary amides is 1. The quantitative estimate of drug-likeness (QED) is 0.170. The molecule has 260 valence electrons. The normalized spacial score (nSPS) is 17.3. The van der Waals surface area contributed by atoms with Gasteiger partial charge in [0.1, 0.15) is 11.6 Å². The molecule has 0 bridgehead atoms. The molecule has 2 aliphatic rings. The van der Waals surface area contributed by atoms with Crippen molar-refractivity contribution in [2.75, 3.05) is 36.8 Å². The zero-order chi connectivity index (χ0) is 35.6. The number of nitrogens with zero attached hydrogens (tertiary/aromatic N) is 4. The topological polar surface area (TPSA) is 180 Å². The molecule has 2 saturated heterocycles. The Balaban J connectivity index is 1.07. The van der Waals surface area contributed by atoms with Crippen molar-refractivity contribution in [2.45, 2.75) is 37.1 Å². The first-order valence-electron chi connectivity index (χ1n) is 15.8. The van der Waals surface area contributed by atoms with Crippen LogP contribution in [-0.4, -0.2) is 71.5 Å². The van der Waals surface area contributed by atoms with E-state index in [0.29, 0.717) is 61.3 Å². The van der Waals surface area contributed by atoms with Gasteiger partial charge in [0.25, 0.3) is 5.91 Å². The van der Waals surface area contributed by atoms with E-state index in [1.54, 1.807) is 19.1 Å². The van der Waals surface area contributed by atoms with E-state index in [1.807, 2.05) is 24.3 Å². The Kier molecular flexibility index (Phi) is 10.2. The lowest BCUT2D eigenvalue weighted by atomic mass is 9.90. The molecule has 16 heteroatoms. The van der Waals surface area contributed by atoms with E-state index < -0.39 is 21.7 Å². The Morgan fingerprint density at radius 3 is 2.46 bits per heavy atom. The number of imide groups is 1. The zero-order valence-corrected chi connectivity index (χ0v) is 29.4. The van der Waals surface area contributed by atoms with Crippen molar-refractivity contribution < 1.29 is 27.2 Å². The second-order valence-electron chi connectivity index (χ2n) is 12.1. The summed E-state index contributed by atoms with van der Waals surface area (Å²) in [6.07, 6.45) is 2.30. The second-order valence-corrected chi connectivity index (χ2v) is 14.9. The number of halogens is 2. The third-order valence-corrected chi connectivity index (χ3v) is 11.2. The van der Waals surface area contributed by atoms with Crippen molar-refractivity contribution >= 4 is 66.8 Å². The lowest BCUT2D eigenvalue weighted by molar-refractivity contribution is -0.134. The van der Waals surface area contributed by atoms with Gasteiger partial charge >= 0.3 is 0 Å². The molecule has 13 nitrogen and oxygen atoms in total. The number of aryl methyl sites for hydroxylation is 1. The summed E-state index contributed by atoms with van der Waals surface area (Å²) in [5.41, 5.74) is 8.35. The maximum absolute atomic E-state index is 14.3. The smallest absolute Gasteiger partial charge is 0.253 e. The van der Waals surface area contributed by atoms with Crippen LogP contribution in [-0.2, 0) is 26.2 Å². The number of hydrogen-bond acceptors (Lipinski definition) is 10. The zero-order valence-electron chi connectivity index (χ0n) is 26.9. The van der Waals surface area contributed by atoms with E-state index in [1.165, 1.54) is 28.7 Å². The van der Waals surface area contributed by atoms with Gasteiger partial charge in [-0.3, -0.25) is 24.6 Å². The van der Waals surface area contributed by atoms with Crippen LogP contribution < -0.4 is 21.7 Å². The summed E-state index contributed by atoms with van der Waals surface area (Å²) >= 11 is 3.36. The first-order valence-corrected chi connectivity index (χ1v) is 18.0. The molecule has 1 aromatic heterocycles. The fourth-order valence-electron chi connectivity index (χ4n) is 5.98. The predicted octanol–water partition coefficient (Wildman–Crippen LogP) is 4.30. The number of benzene rings is 3. The molecule has 4 aromatic rings. The van der Waals surface area contributed by atoms with Gasteiger partial charge in [-0.15, -0.1) is 0 Å². The predicted molar refractivity (Wildman–Crippen MR) is 188 cm³/mol. The van der Waals surface area contributed by atoms with Crippen LogP contribution in [0, 0.1) is 12.7 Å². The summed E-state index contributed by atoms with van der Waals surface area (Å²) in [6.45, 7) is 4.20. The van der Waals surface area contributed by atoms with Crippen LogP contribution in [0.1, 0.15) is 45.8 Å². The Hall–Kier alpha value is -4.77. The van der Waals surface area contributed by atoms with Crippen LogP contribution in [0.5, 0.6) is 0 Å². The van der Waals surface area contributed by atoms with E-state index in [0.717, 1.165) is 17.2 Å². The van der Waals surface area contributed by atoms with Crippen molar-refractivity contribution in [3.05, 3.63) is 99.4 Å². The first-order chi connectivity index (χ1) is 23.9. The van der Waals surface area contributed by atoms with Crippen LogP contribution >= 0.6 is 15.9 Å². The largest absolute Gasteiger partial charge is 0.365 e. The number of piperidine rings is 1. The van der Waals surface area contributed by atoms with Crippen molar-refractivity contribution in [2.24, 2.45) is 5.73 Å². The van der Waals surface area contributed by atoms with Gasteiger partial charge < -0.3 is 16.4 Å². The minimum Gasteiger partial charge on any atom is -0.365 e. The van der Waals surface area contributed by atoms with Crippen molar-refractivity contribution in [1.82, 2.24) is 24.5 Å². The molecular formula is C34H34BrFN8O5S. The number of amides is 3. The van der Waals surface area contributed by atoms with E-state index in [2.05, 4.69) is 46.7 Å². The van der Waals surface area contributed by atoms with Crippen LogP contribution in [0.3, 0.4) is 0 Å². The van der Waals surface area contributed by atoms with Gasteiger partial charge in [0.05, 0.1) is 26.5 Å². The Bertz CT molecular complexity index is 2070. The highest BCUT2D eigenvalue weighted by Gasteiger charge is 2.30. The molecule has 0 saturated carbocycles. The number of hydrogen-bond donors (Lipinski definition) is 4. The highest BCUT2D eigenvalue weighted by atomic mass is 79.9. The molecule has 3 amide bonds. The van der Waals surface area contributed by atoms with Crippen LogP contribution in [0.25, 0.3) is 0 Å². The van der Waals surface area contributed by atoms with Gasteiger partial charge in [0, 0.05) is 51.0 Å². The average Bonchev–Trinajstić information content (AvgIpc) is 3.08. The molecule has 1 unspecified atom stereocenters.